The van der Waals surface area contributed by atoms with Crippen LogP contribution in [0.3, 0.4) is 0 Å². The number of urea groups is 1. The van der Waals surface area contributed by atoms with Crippen molar-refractivity contribution in [2.24, 2.45) is 5.14 Å². The van der Waals surface area contributed by atoms with Gasteiger partial charge in [0.15, 0.2) is 0 Å². The molecule has 1 saturated heterocycles. The number of halogens is 1. The Balaban J connectivity index is 1.47. The normalized spacial score (nSPS) is 14.9. The predicted molar refractivity (Wildman–Crippen MR) is 110 cm³/mol. The SMILES string of the molecule is NS(=O)(=O)c1cccc(NC(=O)N2CCN(CC(=O)Nc3ccc(F)cc3)CC2)c1. The fourth-order valence-corrected chi connectivity index (χ4v) is 3.56. The van der Waals surface area contributed by atoms with Crippen LogP contribution in [-0.4, -0.2) is 62.9 Å². The molecule has 0 atom stereocenters. The molecule has 2 aromatic carbocycles. The van der Waals surface area contributed by atoms with Gasteiger partial charge < -0.3 is 15.5 Å². The summed E-state index contributed by atoms with van der Waals surface area (Å²) in [6, 6.07) is 10.9. The Morgan fingerprint density at radius 1 is 0.967 bits per heavy atom. The van der Waals surface area contributed by atoms with Crippen molar-refractivity contribution in [3.63, 3.8) is 0 Å². The highest BCUT2D eigenvalue weighted by molar-refractivity contribution is 7.89. The van der Waals surface area contributed by atoms with Gasteiger partial charge in [0.25, 0.3) is 0 Å². The van der Waals surface area contributed by atoms with E-state index in [2.05, 4.69) is 10.6 Å². The summed E-state index contributed by atoms with van der Waals surface area (Å²) < 4.78 is 35.8. The van der Waals surface area contributed by atoms with E-state index in [0.29, 0.717) is 37.6 Å². The van der Waals surface area contributed by atoms with Crippen LogP contribution in [0.2, 0.25) is 0 Å². The maximum absolute atomic E-state index is 12.9. The largest absolute Gasteiger partial charge is 0.325 e. The lowest BCUT2D eigenvalue weighted by Gasteiger charge is -2.34. The monoisotopic (exact) mass is 435 g/mol. The smallest absolute Gasteiger partial charge is 0.321 e. The van der Waals surface area contributed by atoms with Crippen molar-refractivity contribution in [2.45, 2.75) is 4.90 Å². The lowest BCUT2D eigenvalue weighted by atomic mass is 10.3. The highest BCUT2D eigenvalue weighted by atomic mass is 32.2. The van der Waals surface area contributed by atoms with Gasteiger partial charge in [0.2, 0.25) is 15.9 Å². The summed E-state index contributed by atoms with van der Waals surface area (Å²) in [6.45, 7) is 1.97. The van der Waals surface area contributed by atoms with Crippen molar-refractivity contribution in [3.8, 4) is 0 Å². The highest BCUT2D eigenvalue weighted by Gasteiger charge is 2.23. The average Bonchev–Trinajstić information content (AvgIpc) is 2.70. The van der Waals surface area contributed by atoms with Crippen molar-refractivity contribution in [1.29, 1.82) is 0 Å². The van der Waals surface area contributed by atoms with Crippen LogP contribution in [0, 0.1) is 5.82 Å². The number of hydrogen-bond donors (Lipinski definition) is 3. The van der Waals surface area contributed by atoms with Gasteiger partial charge in [0.1, 0.15) is 5.82 Å². The number of carbonyl (C=O) groups excluding carboxylic acids is 2. The molecule has 30 heavy (non-hydrogen) atoms. The quantitative estimate of drug-likeness (QED) is 0.652. The number of sulfonamides is 1. The predicted octanol–water partition coefficient (Wildman–Crippen LogP) is 1.26. The van der Waals surface area contributed by atoms with Gasteiger partial charge in [-0.05, 0) is 42.5 Å². The number of nitrogens with zero attached hydrogens (tertiary/aromatic N) is 2. The Kier molecular flexibility index (Phi) is 6.65. The minimum atomic E-state index is -3.86. The highest BCUT2D eigenvalue weighted by Crippen LogP contribution is 2.15. The molecule has 11 heteroatoms. The Morgan fingerprint density at radius 2 is 1.63 bits per heavy atom. The third-order valence-electron chi connectivity index (χ3n) is 4.57. The summed E-state index contributed by atoms with van der Waals surface area (Å²) >= 11 is 0. The van der Waals surface area contributed by atoms with E-state index in [1.807, 2.05) is 4.90 Å². The van der Waals surface area contributed by atoms with Crippen molar-refractivity contribution < 1.29 is 22.4 Å². The van der Waals surface area contributed by atoms with Crippen LogP contribution in [0.5, 0.6) is 0 Å². The lowest BCUT2D eigenvalue weighted by Crippen LogP contribution is -2.51. The fraction of sp³-hybridized carbons (Fsp3) is 0.263. The number of hydrogen-bond acceptors (Lipinski definition) is 5. The molecule has 3 amide bonds. The van der Waals surface area contributed by atoms with E-state index in [-0.39, 0.29) is 29.2 Å². The first-order valence-corrected chi connectivity index (χ1v) is 10.7. The third-order valence-corrected chi connectivity index (χ3v) is 5.48. The molecule has 2 aromatic rings. The second-order valence-corrected chi connectivity index (χ2v) is 8.38. The average molecular weight is 435 g/mol. The van der Waals surface area contributed by atoms with E-state index < -0.39 is 10.0 Å². The first-order valence-electron chi connectivity index (χ1n) is 9.17. The molecule has 0 unspecified atom stereocenters. The van der Waals surface area contributed by atoms with Crippen molar-refractivity contribution in [3.05, 3.63) is 54.3 Å². The number of amides is 3. The van der Waals surface area contributed by atoms with Crippen molar-refractivity contribution in [1.82, 2.24) is 9.80 Å². The maximum atomic E-state index is 12.9. The van der Waals surface area contributed by atoms with Gasteiger partial charge >= 0.3 is 6.03 Å². The van der Waals surface area contributed by atoms with Crippen molar-refractivity contribution >= 4 is 33.3 Å². The second-order valence-electron chi connectivity index (χ2n) is 6.82. The van der Waals surface area contributed by atoms with Crippen molar-refractivity contribution in [2.75, 3.05) is 43.4 Å². The molecular formula is C19H22FN5O4S. The topological polar surface area (TPSA) is 125 Å². The number of primary sulfonamides is 1. The van der Waals surface area contributed by atoms with Gasteiger partial charge in [-0.2, -0.15) is 0 Å². The molecule has 3 rings (SSSR count). The van der Waals surface area contributed by atoms with Gasteiger partial charge in [-0.1, -0.05) is 6.07 Å². The number of nitrogens with one attached hydrogen (secondary N) is 2. The molecule has 160 valence electrons. The molecule has 1 aliphatic heterocycles. The molecule has 0 spiro atoms. The summed E-state index contributed by atoms with van der Waals surface area (Å²) in [5.41, 5.74) is 0.841. The summed E-state index contributed by atoms with van der Waals surface area (Å²) in [5.74, 6) is -0.599. The molecule has 1 fully saturated rings. The molecule has 0 saturated carbocycles. The minimum absolute atomic E-state index is 0.0858. The zero-order valence-corrected chi connectivity index (χ0v) is 16.9. The Labute approximate surface area is 173 Å². The first-order chi connectivity index (χ1) is 14.2. The lowest BCUT2D eigenvalue weighted by molar-refractivity contribution is -0.117. The summed E-state index contributed by atoms with van der Waals surface area (Å²) in [5, 5.41) is 10.5. The zero-order chi connectivity index (χ0) is 21.7. The van der Waals surface area contributed by atoms with Gasteiger partial charge in [-0.15, -0.1) is 0 Å². The number of carbonyl (C=O) groups is 2. The van der Waals surface area contributed by atoms with E-state index >= 15 is 0 Å². The Morgan fingerprint density at radius 3 is 2.27 bits per heavy atom. The molecule has 4 N–H and O–H groups in total. The standard InChI is InChI=1S/C19H22FN5O4S/c20-14-4-6-15(7-5-14)22-18(26)13-24-8-10-25(11-9-24)19(27)23-16-2-1-3-17(12-16)30(21,28)29/h1-7,12H,8-11,13H2,(H,22,26)(H,23,27)(H2,21,28,29). The number of benzene rings is 2. The maximum Gasteiger partial charge on any atom is 0.321 e. The van der Waals surface area contributed by atoms with Gasteiger partial charge in [-0.25, -0.2) is 22.7 Å². The van der Waals surface area contributed by atoms with Gasteiger partial charge in [-0.3, -0.25) is 9.69 Å². The van der Waals surface area contributed by atoms with Crippen LogP contribution in [0.25, 0.3) is 0 Å². The Bertz CT molecular complexity index is 1020. The van der Waals surface area contributed by atoms with Gasteiger partial charge in [0, 0.05) is 37.6 Å². The first kappa shape index (κ1) is 21.7. The van der Waals surface area contributed by atoms with E-state index in [1.54, 1.807) is 11.0 Å². The molecule has 0 aromatic heterocycles. The summed E-state index contributed by atoms with van der Waals surface area (Å²) in [7, 11) is -3.86. The number of anilines is 2. The molecule has 1 heterocycles. The molecular weight excluding hydrogens is 413 g/mol. The molecule has 0 aliphatic carbocycles. The summed E-state index contributed by atoms with van der Waals surface area (Å²) in [4.78, 5) is 28.0. The van der Waals surface area contributed by atoms with Crippen LogP contribution in [-0.2, 0) is 14.8 Å². The zero-order valence-electron chi connectivity index (χ0n) is 16.0. The van der Waals surface area contributed by atoms with Gasteiger partial charge in [0.05, 0.1) is 11.4 Å². The summed E-state index contributed by atoms with van der Waals surface area (Å²) in [6.07, 6.45) is 0. The second kappa shape index (κ2) is 9.20. The number of nitrogens with two attached hydrogens (primary N) is 1. The molecule has 9 nitrogen and oxygen atoms in total. The van der Waals surface area contributed by atoms with Crippen LogP contribution in [0.1, 0.15) is 0 Å². The third kappa shape index (κ3) is 5.99. The molecule has 0 bridgehead atoms. The molecule has 0 radical (unpaired) electrons. The number of rotatable bonds is 5. The van der Waals surface area contributed by atoms with Crippen LogP contribution >= 0.6 is 0 Å². The molecule has 1 aliphatic rings. The fourth-order valence-electron chi connectivity index (χ4n) is 3.00. The Hall–Kier alpha value is -3.02. The van der Waals surface area contributed by atoms with E-state index in [4.69, 9.17) is 5.14 Å². The van der Waals surface area contributed by atoms with Crippen LogP contribution < -0.4 is 15.8 Å². The van der Waals surface area contributed by atoms with E-state index in [0.717, 1.165) is 0 Å². The number of piperazine rings is 1. The van der Waals surface area contributed by atoms with Crippen LogP contribution in [0.15, 0.2) is 53.4 Å². The van der Waals surface area contributed by atoms with Crippen LogP contribution in [0.4, 0.5) is 20.6 Å². The minimum Gasteiger partial charge on any atom is -0.325 e. The van der Waals surface area contributed by atoms with E-state index in [1.165, 1.54) is 42.5 Å². The van der Waals surface area contributed by atoms with E-state index in [9.17, 15) is 22.4 Å².